The molecule has 1 aliphatic rings. The number of nitrogens with one attached hydrogen (secondary N) is 1. The molecule has 2 aromatic rings. The number of benzene rings is 2. The lowest BCUT2D eigenvalue weighted by Crippen LogP contribution is -2.28. The van der Waals surface area contributed by atoms with Gasteiger partial charge in [-0.2, -0.15) is 0 Å². The molecular weight excluding hydrogens is 372 g/mol. The van der Waals surface area contributed by atoms with E-state index in [1.165, 1.54) is 44.3 Å². The summed E-state index contributed by atoms with van der Waals surface area (Å²) in [5.41, 5.74) is 2.96. The van der Waals surface area contributed by atoms with Gasteiger partial charge in [0.15, 0.2) is 0 Å². The highest BCUT2D eigenvalue weighted by Gasteiger charge is 2.10. The van der Waals surface area contributed by atoms with E-state index in [4.69, 9.17) is 16.3 Å². The molecule has 0 bridgehead atoms. The lowest BCUT2D eigenvalue weighted by molar-refractivity contribution is 0.0947. The van der Waals surface area contributed by atoms with Gasteiger partial charge in [0.05, 0.1) is 6.54 Å². The summed E-state index contributed by atoms with van der Waals surface area (Å²) >= 11 is 6.09. The Hall–Kier alpha value is -2.04. The Bertz CT molecular complexity index is 769. The van der Waals surface area contributed by atoms with Gasteiger partial charge in [-0.1, -0.05) is 42.6 Å². The minimum absolute atomic E-state index is 0.0770. The lowest BCUT2D eigenvalue weighted by atomic mass is 10.1. The summed E-state index contributed by atoms with van der Waals surface area (Å²) in [7, 11) is 0. The van der Waals surface area contributed by atoms with Crippen molar-refractivity contribution in [3.8, 4) is 5.75 Å². The van der Waals surface area contributed by atoms with Crippen molar-refractivity contribution in [2.75, 3.05) is 26.2 Å². The second kappa shape index (κ2) is 10.5. The zero-order valence-corrected chi connectivity index (χ0v) is 17.3. The van der Waals surface area contributed by atoms with Gasteiger partial charge in [0.1, 0.15) is 12.4 Å². The third kappa shape index (κ3) is 6.25. The van der Waals surface area contributed by atoms with Crippen LogP contribution in [-0.4, -0.2) is 37.0 Å². The second-order valence-corrected chi connectivity index (χ2v) is 7.81. The molecule has 1 aliphatic heterocycles. The van der Waals surface area contributed by atoms with Crippen LogP contribution in [0.1, 0.15) is 47.2 Å². The van der Waals surface area contributed by atoms with Crippen LogP contribution in [0.4, 0.5) is 0 Å². The predicted molar refractivity (Wildman–Crippen MR) is 114 cm³/mol. The van der Waals surface area contributed by atoms with E-state index in [1.54, 1.807) is 6.07 Å². The van der Waals surface area contributed by atoms with Crippen LogP contribution in [-0.2, 0) is 6.54 Å². The first-order chi connectivity index (χ1) is 13.6. The Balaban J connectivity index is 1.42. The molecule has 0 saturated carbocycles. The molecular formula is C23H29ClN2O2. The lowest BCUT2D eigenvalue weighted by Gasteiger charge is -2.19. The predicted octanol–water partition coefficient (Wildman–Crippen LogP) is 4.83. The van der Waals surface area contributed by atoms with Crippen LogP contribution in [0.3, 0.4) is 0 Å². The summed E-state index contributed by atoms with van der Waals surface area (Å²) in [5.74, 6) is 0.634. The number of aryl methyl sites for hydroxylation is 1. The van der Waals surface area contributed by atoms with Gasteiger partial charge in [-0.15, -0.1) is 0 Å². The van der Waals surface area contributed by atoms with Crippen molar-refractivity contribution in [3.63, 3.8) is 0 Å². The number of hydrogen-bond donors (Lipinski definition) is 1. The molecule has 0 aromatic heterocycles. The maximum absolute atomic E-state index is 12.3. The zero-order chi connectivity index (χ0) is 19.8. The van der Waals surface area contributed by atoms with Gasteiger partial charge in [0.25, 0.3) is 5.91 Å². The first kappa shape index (κ1) is 20.7. The molecule has 0 atom stereocenters. The molecule has 1 amide bonds. The molecule has 0 aliphatic carbocycles. The molecule has 3 rings (SSSR count). The SMILES string of the molecule is Cc1ccc(OCCNC(=O)c2ccc(CN3CCCCCC3)cc2)cc1Cl. The summed E-state index contributed by atoms with van der Waals surface area (Å²) in [6, 6.07) is 13.5. The molecule has 1 fully saturated rings. The zero-order valence-electron chi connectivity index (χ0n) is 16.5. The largest absolute Gasteiger partial charge is 0.492 e. The van der Waals surface area contributed by atoms with Crippen LogP contribution in [0, 0.1) is 6.92 Å². The van der Waals surface area contributed by atoms with Crippen LogP contribution in [0.15, 0.2) is 42.5 Å². The molecule has 1 saturated heterocycles. The number of carbonyl (C=O) groups is 1. The number of carbonyl (C=O) groups excluding carboxylic acids is 1. The highest BCUT2D eigenvalue weighted by molar-refractivity contribution is 6.31. The fourth-order valence-electron chi connectivity index (χ4n) is 3.41. The van der Waals surface area contributed by atoms with E-state index in [9.17, 15) is 4.79 Å². The molecule has 1 N–H and O–H groups in total. The fraction of sp³-hybridized carbons (Fsp3) is 0.435. The van der Waals surface area contributed by atoms with Crippen molar-refractivity contribution in [1.82, 2.24) is 10.2 Å². The van der Waals surface area contributed by atoms with Crippen molar-refractivity contribution in [3.05, 3.63) is 64.2 Å². The van der Waals surface area contributed by atoms with E-state index in [1.807, 2.05) is 31.2 Å². The molecule has 28 heavy (non-hydrogen) atoms. The average molecular weight is 401 g/mol. The number of likely N-dealkylation sites (tertiary alicyclic amines) is 1. The van der Waals surface area contributed by atoms with E-state index in [-0.39, 0.29) is 5.91 Å². The molecule has 150 valence electrons. The van der Waals surface area contributed by atoms with Crippen LogP contribution in [0.2, 0.25) is 5.02 Å². The van der Waals surface area contributed by atoms with Gasteiger partial charge < -0.3 is 10.1 Å². The first-order valence-corrected chi connectivity index (χ1v) is 10.5. The Kier molecular flexibility index (Phi) is 7.75. The Morgan fingerprint density at radius 1 is 1.07 bits per heavy atom. The van der Waals surface area contributed by atoms with E-state index in [2.05, 4.69) is 22.3 Å². The summed E-state index contributed by atoms with van der Waals surface area (Å²) in [6.45, 7) is 6.11. The highest BCUT2D eigenvalue weighted by atomic mass is 35.5. The molecule has 0 radical (unpaired) electrons. The second-order valence-electron chi connectivity index (χ2n) is 7.40. The van der Waals surface area contributed by atoms with E-state index < -0.39 is 0 Å². The smallest absolute Gasteiger partial charge is 0.251 e. The standard InChI is InChI=1S/C23H29ClN2O2/c1-18-6-11-21(16-22(18)24)28-15-12-25-23(27)20-9-7-19(8-10-20)17-26-13-4-2-3-5-14-26/h6-11,16H,2-5,12-15,17H2,1H3,(H,25,27). The van der Waals surface area contributed by atoms with Crippen molar-refractivity contribution in [2.45, 2.75) is 39.2 Å². The third-order valence-corrected chi connectivity index (χ3v) is 5.53. The summed E-state index contributed by atoms with van der Waals surface area (Å²) in [6.07, 6.45) is 5.27. The normalized spacial score (nSPS) is 15.1. The van der Waals surface area contributed by atoms with Crippen molar-refractivity contribution < 1.29 is 9.53 Å². The van der Waals surface area contributed by atoms with Gasteiger partial charge in [0, 0.05) is 17.1 Å². The van der Waals surface area contributed by atoms with Crippen molar-refractivity contribution >= 4 is 17.5 Å². The number of amides is 1. The number of hydrogen-bond acceptors (Lipinski definition) is 3. The summed E-state index contributed by atoms with van der Waals surface area (Å²) < 4.78 is 5.64. The van der Waals surface area contributed by atoms with Crippen LogP contribution < -0.4 is 10.1 Å². The average Bonchev–Trinajstić information content (AvgIpc) is 2.97. The van der Waals surface area contributed by atoms with Crippen LogP contribution in [0.5, 0.6) is 5.75 Å². The highest BCUT2D eigenvalue weighted by Crippen LogP contribution is 2.21. The molecule has 0 spiro atoms. The summed E-state index contributed by atoms with van der Waals surface area (Å²) in [4.78, 5) is 14.8. The molecule has 2 aromatic carbocycles. The quantitative estimate of drug-likeness (QED) is 0.676. The number of rotatable bonds is 7. The van der Waals surface area contributed by atoms with Gasteiger partial charge in [0.2, 0.25) is 0 Å². The van der Waals surface area contributed by atoms with E-state index >= 15 is 0 Å². The maximum atomic E-state index is 12.3. The van der Waals surface area contributed by atoms with Gasteiger partial charge in [-0.25, -0.2) is 0 Å². The molecule has 4 nitrogen and oxygen atoms in total. The minimum Gasteiger partial charge on any atom is -0.492 e. The Morgan fingerprint density at radius 2 is 1.79 bits per heavy atom. The topological polar surface area (TPSA) is 41.6 Å². The van der Waals surface area contributed by atoms with Gasteiger partial charge >= 0.3 is 0 Å². The van der Waals surface area contributed by atoms with Crippen molar-refractivity contribution in [1.29, 1.82) is 0 Å². The number of nitrogens with zero attached hydrogens (tertiary/aromatic N) is 1. The van der Waals surface area contributed by atoms with Crippen molar-refractivity contribution in [2.24, 2.45) is 0 Å². The Morgan fingerprint density at radius 3 is 2.46 bits per heavy atom. The molecule has 5 heteroatoms. The first-order valence-electron chi connectivity index (χ1n) is 10.1. The monoisotopic (exact) mass is 400 g/mol. The van der Waals surface area contributed by atoms with E-state index in [0.717, 1.165) is 12.1 Å². The Labute approximate surface area is 172 Å². The molecule has 0 unspecified atom stereocenters. The van der Waals surface area contributed by atoms with Crippen LogP contribution >= 0.6 is 11.6 Å². The maximum Gasteiger partial charge on any atom is 0.251 e. The fourth-order valence-corrected chi connectivity index (χ4v) is 3.58. The van der Waals surface area contributed by atoms with Gasteiger partial charge in [-0.3, -0.25) is 9.69 Å². The number of halogens is 1. The third-order valence-electron chi connectivity index (χ3n) is 5.12. The minimum atomic E-state index is -0.0770. The van der Waals surface area contributed by atoms with Gasteiger partial charge in [-0.05, 0) is 68.2 Å². The molecule has 1 heterocycles. The summed E-state index contributed by atoms with van der Waals surface area (Å²) in [5, 5.41) is 3.58. The van der Waals surface area contributed by atoms with Crippen LogP contribution in [0.25, 0.3) is 0 Å². The number of ether oxygens (including phenoxy) is 1. The van der Waals surface area contributed by atoms with E-state index in [0.29, 0.717) is 29.5 Å².